The van der Waals surface area contributed by atoms with E-state index in [4.69, 9.17) is 0 Å². The van der Waals surface area contributed by atoms with Crippen LogP contribution in [0.3, 0.4) is 0 Å². The average Bonchev–Trinajstić information content (AvgIpc) is 3.10. The molecular weight excluding hydrogens is 216 g/mol. The summed E-state index contributed by atoms with van der Waals surface area (Å²) in [6.07, 6.45) is 4.25. The molecule has 0 amide bonds. The molecule has 2 radical (unpaired) electrons. The fourth-order valence-electron chi connectivity index (χ4n) is 5.02. The van der Waals surface area contributed by atoms with E-state index in [-0.39, 0.29) is 0 Å². The third-order valence-electron chi connectivity index (χ3n) is 5.63. The first-order valence-corrected chi connectivity index (χ1v) is 6.94. The zero-order chi connectivity index (χ0) is 11.7. The molecule has 0 aliphatic heterocycles. The highest BCUT2D eigenvalue weighted by Gasteiger charge is 2.63. The molecule has 0 nitrogen and oxygen atoms in total. The van der Waals surface area contributed by atoms with Crippen molar-refractivity contribution in [2.75, 3.05) is 0 Å². The Bertz CT molecular complexity index is 591. The Kier molecular flexibility index (Phi) is 1.50. The molecule has 0 heteroatoms. The maximum Gasteiger partial charge on any atom is 0.0272 e. The Hall–Kier alpha value is -1.56. The average molecular weight is 230 g/mol. The van der Waals surface area contributed by atoms with E-state index >= 15 is 0 Å². The minimum absolute atomic E-state index is 0.347. The van der Waals surface area contributed by atoms with Crippen molar-refractivity contribution in [3.8, 4) is 11.1 Å². The minimum Gasteiger partial charge on any atom is -0.0537 e. The van der Waals surface area contributed by atoms with Crippen LogP contribution in [0.5, 0.6) is 0 Å². The predicted molar refractivity (Wildman–Crippen MR) is 71.2 cm³/mol. The highest BCUT2D eigenvalue weighted by molar-refractivity contribution is 5.82. The molecule has 3 fully saturated rings. The summed E-state index contributed by atoms with van der Waals surface area (Å²) in [5.74, 6) is 1.74. The summed E-state index contributed by atoms with van der Waals surface area (Å²) in [5.41, 5.74) is 6.36. The number of benzene rings is 2. The summed E-state index contributed by atoms with van der Waals surface area (Å²) < 4.78 is 0. The van der Waals surface area contributed by atoms with Crippen molar-refractivity contribution < 1.29 is 0 Å². The van der Waals surface area contributed by atoms with Gasteiger partial charge in [-0.1, -0.05) is 24.3 Å². The van der Waals surface area contributed by atoms with Crippen LogP contribution in [0.4, 0.5) is 0 Å². The molecule has 0 heterocycles. The topological polar surface area (TPSA) is 0 Å². The molecule has 0 aromatic heterocycles. The van der Waals surface area contributed by atoms with Gasteiger partial charge in [-0.25, -0.2) is 0 Å². The van der Waals surface area contributed by atoms with Gasteiger partial charge in [0, 0.05) is 5.41 Å². The lowest BCUT2D eigenvalue weighted by Gasteiger charge is -2.49. The second-order valence-corrected chi connectivity index (χ2v) is 6.02. The van der Waals surface area contributed by atoms with Crippen molar-refractivity contribution in [3.05, 3.63) is 59.7 Å². The predicted octanol–water partition coefficient (Wildman–Crippen LogP) is 3.98. The molecule has 0 saturated heterocycles. The van der Waals surface area contributed by atoms with Crippen LogP contribution in [0.15, 0.2) is 36.4 Å². The fraction of sp³-hybridized carbons (Fsp3) is 0.333. The van der Waals surface area contributed by atoms with Crippen molar-refractivity contribution in [3.63, 3.8) is 0 Å². The van der Waals surface area contributed by atoms with Gasteiger partial charge in [-0.2, -0.15) is 0 Å². The second kappa shape index (κ2) is 2.88. The van der Waals surface area contributed by atoms with Crippen LogP contribution in [-0.2, 0) is 5.41 Å². The van der Waals surface area contributed by atoms with Gasteiger partial charge >= 0.3 is 0 Å². The summed E-state index contributed by atoms with van der Waals surface area (Å²) in [6, 6.07) is 19.7. The highest BCUT2D eigenvalue weighted by Crippen LogP contribution is 2.70. The first-order chi connectivity index (χ1) is 8.92. The Morgan fingerprint density at radius 2 is 1.44 bits per heavy atom. The van der Waals surface area contributed by atoms with Crippen LogP contribution < -0.4 is 0 Å². The zero-order valence-electron chi connectivity index (χ0n) is 10.2. The van der Waals surface area contributed by atoms with E-state index < -0.39 is 0 Å². The Labute approximate surface area is 108 Å². The molecule has 4 aliphatic carbocycles. The summed E-state index contributed by atoms with van der Waals surface area (Å²) in [5, 5.41) is 0. The molecule has 2 atom stereocenters. The van der Waals surface area contributed by atoms with Crippen LogP contribution in [-0.4, -0.2) is 0 Å². The molecule has 3 saturated carbocycles. The Morgan fingerprint density at radius 3 is 1.94 bits per heavy atom. The minimum atomic E-state index is 0.347. The molecule has 2 aromatic rings. The van der Waals surface area contributed by atoms with E-state index in [9.17, 15) is 0 Å². The van der Waals surface area contributed by atoms with E-state index in [0.717, 1.165) is 11.8 Å². The normalized spacial score (nSPS) is 28.9. The number of fused-ring (bicyclic) bond motifs is 4. The SMILES string of the molecule is [c]1ccc2c(c1)C1(c3c[c]ccc3-2)C2CCC1C2. The second-order valence-electron chi connectivity index (χ2n) is 6.02. The van der Waals surface area contributed by atoms with Crippen LogP contribution in [0.1, 0.15) is 30.4 Å². The molecule has 1 spiro atoms. The van der Waals surface area contributed by atoms with Gasteiger partial charge in [0.15, 0.2) is 0 Å². The maximum atomic E-state index is 3.31. The molecule has 4 aliphatic rings. The summed E-state index contributed by atoms with van der Waals surface area (Å²) in [4.78, 5) is 0. The van der Waals surface area contributed by atoms with Crippen LogP contribution in [0, 0.1) is 24.0 Å². The molecule has 0 N–H and O–H groups in total. The molecule has 2 unspecified atom stereocenters. The lowest BCUT2D eigenvalue weighted by atomic mass is 9.54. The van der Waals surface area contributed by atoms with Gasteiger partial charge in [0.1, 0.15) is 0 Å². The van der Waals surface area contributed by atoms with Crippen molar-refractivity contribution >= 4 is 0 Å². The van der Waals surface area contributed by atoms with Crippen molar-refractivity contribution in [1.29, 1.82) is 0 Å². The van der Waals surface area contributed by atoms with E-state index in [2.05, 4.69) is 48.5 Å². The lowest BCUT2D eigenvalue weighted by Crippen LogP contribution is -2.46. The van der Waals surface area contributed by atoms with Crippen LogP contribution >= 0.6 is 0 Å². The van der Waals surface area contributed by atoms with Crippen molar-refractivity contribution in [2.45, 2.75) is 24.7 Å². The fourth-order valence-corrected chi connectivity index (χ4v) is 5.02. The van der Waals surface area contributed by atoms with Gasteiger partial charge in [0.05, 0.1) is 0 Å². The summed E-state index contributed by atoms with van der Waals surface area (Å²) >= 11 is 0. The van der Waals surface area contributed by atoms with Gasteiger partial charge < -0.3 is 0 Å². The quantitative estimate of drug-likeness (QED) is 0.642. The molecular formula is C18H14. The number of hydrogen-bond donors (Lipinski definition) is 0. The molecule has 2 bridgehead atoms. The van der Waals surface area contributed by atoms with Gasteiger partial charge in [-0.15, -0.1) is 0 Å². The summed E-state index contributed by atoms with van der Waals surface area (Å²) in [7, 11) is 0. The highest BCUT2D eigenvalue weighted by atomic mass is 14.7. The molecule has 6 rings (SSSR count). The van der Waals surface area contributed by atoms with Gasteiger partial charge in [-0.05, 0) is 77.6 Å². The molecule has 86 valence electrons. The standard InChI is InChI=1S/C18H14/c1-3-7-16-14(5-1)15-6-2-4-8-17(15)18(16)12-9-10-13(18)11-12/h1-2,5-8,12-13H,9-11H2. The first-order valence-electron chi connectivity index (χ1n) is 6.94. The molecule has 2 aromatic carbocycles. The maximum absolute atomic E-state index is 3.31. The monoisotopic (exact) mass is 230 g/mol. The van der Waals surface area contributed by atoms with Crippen LogP contribution in [0.25, 0.3) is 11.1 Å². The molecule has 18 heavy (non-hydrogen) atoms. The number of hydrogen-bond acceptors (Lipinski definition) is 0. The summed E-state index contributed by atoms with van der Waals surface area (Å²) in [6.45, 7) is 0. The van der Waals surface area contributed by atoms with Crippen molar-refractivity contribution in [1.82, 2.24) is 0 Å². The first kappa shape index (κ1) is 9.38. The zero-order valence-corrected chi connectivity index (χ0v) is 10.2. The van der Waals surface area contributed by atoms with E-state index in [1.165, 1.54) is 30.4 Å². The third kappa shape index (κ3) is 0.791. The third-order valence-corrected chi connectivity index (χ3v) is 5.63. The lowest BCUT2D eigenvalue weighted by molar-refractivity contribution is 0.150. The smallest absolute Gasteiger partial charge is 0.0272 e. The largest absolute Gasteiger partial charge is 0.0537 e. The van der Waals surface area contributed by atoms with E-state index in [1.807, 2.05) is 0 Å². The Balaban J connectivity index is 1.92. The van der Waals surface area contributed by atoms with Gasteiger partial charge in [-0.3, -0.25) is 0 Å². The van der Waals surface area contributed by atoms with E-state index in [1.54, 1.807) is 11.1 Å². The van der Waals surface area contributed by atoms with Gasteiger partial charge in [0.25, 0.3) is 0 Å². The Morgan fingerprint density at radius 1 is 0.889 bits per heavy atom. The van der Waals surface area contributed by atoms with Gasteiger partial charge in [0.2, 0.25) is 0 Å². The number of rotatable bonds is 0. The van der Waals surface area contributed by atoms with Crippen molar-refractivity contribution in [2.24, 2.45) is 11.8 Å². The van der Waals surface area contributed by atoms with E-state index in [0.29, 0.717) is 5.41 Å². The van der Waals surface area contributed by atoms with Crippen LogP contribution in [0.2, 0.25) is 0 Å².